The van der Waals surface area contributed by atoms with E-state index in [9.17, 15) is 9.59 Å². The van der Waals surface area contributed by atoms with Crippen molar-refractivity contribution in [3.63, 3.8) is 0 Å². The van der Waals surface area contributed by atoms with Crippen LogP contribution >= 0.6 is 0 Å². The highest BCUT2D eigenvalue weighted by molar-refractivity contribution is 5.94. The van der Waals surface area contributed by atoms with Crippen LogP contribution in [0.5, 0.6) is 5.75 Å². The molecule has 0 aromatic heterocycles. The van der Waals surface area contributed by atoms with Gasteiger partial charge in [-0.05, 0) is 36.2 Å². The second-order valence-electron chi connectivity index (χ2n) is 5.99. The molecule has 0 saturated carbocycles. The third-order valence-electron chi connectivity index (χ3n) is 3.86. The quantitative estimate of drug-likeness (QED) is 0.596. The Labute approximate surface area is 159 Å². The molecule has 2 N–H and O–H groups in total. The first kappa shape index (κ1) is 20.5. The van der Waals surface area contributed by atoms with Gasteiger partial charge in [-0.15, -0.1) is 0 Å². The Hall–Kier alpha value is -2.86. The van der Waals surface area contributed by atoms with Crippen LogP contribution in [-0.4, -0.2) is 38.7 Å². The van der Waals surface area contributed by atoms with E-state index >= 15 is 0 Å². The topological polar surface area (TPSA) is 76.7 Å². The molecule has 0 bridgehead atoms. The predicted octanol–water partition coefficient (Wildman–Crippen LogP) is 2.54. The molecule has 6 nitrogen and oxygen atoms in total. The molecule has 0 aliphatic heterocycles. The number of amides is 2. The Bertz CT molecular complexity index is 702. The minimum absolute atomic E-state index is 0.0779. The van der Waals surface area contributed by atoms with Gasteiger partial charge < -0.3 is 20.1 Å². The molecular weight excluding hydrogens is 344 g/mol. The Morgan fingerprint density at radius 1 is 0.926 bits per heavy atom. The van der Waals surface area contributed by atoms with E-state index < -0.39 is 0 Å². The summed E-state index contributed by atoms with van der Waals surface area (Å²) in [4.78, 5) is 23.9. The van der Waals surface area contributed by atoms with Gasteiger partial charge in [0.1, 0.15) is 5.75 Å². The van der Waals surface area contributed by atoms with Gasteiger partial charge in [0, 0.05) is 32.4 Å². The summed E-state index contributed by atoms with van der Waals surface area (Å²) in [6.45, 7) is 1.95. The fourth-order valence-electron chi connectivity index (χ4n) is 2.36. The van der Waals surface area contributed by atoms with Gasteiger partial charge in [0.25, 0.3) is 5.91 Å². The summed E-state index contributed by atoms with van der Waals surface area (Å²) in [5, 5.41) is 5.69. The second-order valence-corrected chi connectivity index (χ2v) is 5.99. The Morgan fingerprint density at radius 3 is 2.37 bits per heavy atom. The number of rotatable bonds is 11. The number of carbonyl (C=O) groups is 2. The van der Waals surface area contributed by atoms with E-state index in [1.54, 1.807) is 19.2 Å². The molecule has 0 saturated heterocycles. The lowest BCUT2D eigenvalue weighted by molar-refractivity contribution is -0.121. The average molecular weight is 370 g/mol. The van der Waals surface area contributed by atoms with Crippen LogP contribution in [0.2, 0.25) is 0 Å². The minimum Gasteiger partial charge on any atom is -0.493 e. The molecule has 0 spiro atoms. The third kappa shape index (κ3) is 7.92. The van der Waals surface area contributed by atoms with Gasteiger partial charge in [-0.25, -0.2) is 0 Å². The summed E-state index contributed by atoms with van der Waals surface area (Å²) >= 11 is 0. The molecule has 0 radical (unpaired) electrons. The maximum absolute atomic E-state index is 12.0. The first-order chi connectivity index (χ1) is 13.2. The van der Waals surface area contributed by atoms with Crippen molar-refractivity contribution in [1.29, 1.82) is 0 Å². The van der Waals surface area contributed by atoms with Gasteiger partial charge in [-0.1, -0.05) is 30.3 Å². The van der Waals surface area contributed by atoms with Crippen LogP contribution in [0.25, 0.3) is 0 Å². The van der Waals surface area contributed by atoms with Crippen LogP contribution < -0.4 is 15.4 Å². The molecule has 2 amide bonds. The van der Waals surface area contributed by atoms with Gasteiger partial charge >= 0.3 is 0 Å². The smallest absolute Gasteiger partial charge is 0.251 e. The SMILES string of the molecule is COCCCNC(=O)c1ccc(CNC(=O)CCOc2ccccc2)cc1. The van der Waals surface area contributed by atoms with Gasteiger partial charge in [0.05, 0.1) is 13.0 Å². The van der Waals surface area contributed by atoms with Crippen molar-refractivity contribution in [2.75, 3.05) is 26.9 Å². The number of benzene rings is 2. The van der Waals surface area contributed by atoms with E-state index in [1.807, 2.05) is 42.5 Å². The van der Waals surface area contributed by atoms with Crippen molar-refractivity contribution in [3.05, 3.63) is 65.7 Å². The average Bonchev–Trinajstić information content (AvgIpc) is 2.71. The van der Waals surface area contributed by atoms with E-state index in [2.05, 4.69) is 10.6 Å². The minimum atomic E-state index is -0.111. The van der Waals surface area contributed by atoms with Gasteiger partial charge in [0.15, 0.2) is 0 Å². The second kappa shape index (κ2) is 11.7. The van der Waals surface area contributed by atoms with Crippen molar-refractivity contribution < 1.29 is 19.1 Å². The molecule has 2 rings (SSSR count). The number of nitrogens with one attached hydrogen (secondary N) is 2. The largest absolute Gasteiger partial charge is 0.493 e. The van der Waals surface area contributed by atoms with Gasteiger partial charge in [-0.2, -0.15) is 0 Å². The van der Waals surface area contributed by atoms with E-state index in [1.165, 1.54) is 0 Å². The normalized spacial score (nSPS) is 10.3. The lowest BCUT2D eigenvalue weighted by atomic mass is 10.1. The van der Waals surface area contributed by atoms with Crippen molar-refractivity contribution in [2.45, 2.75) is 19.4 Å². The molecule has 0 heterocycles. The highest BCUT2D eigenvalue weighted by Crippen LogP contribution is 2.08. The maximum Gasteiger partial charge on any atom is 0.251 e. The van der Waals surface area contributed by atoms with E-state index in [4.69, 9.17) is 9.47 Å². The zero-order chi connectivity index (χ0) is 19.3. The highest BCUT2D eigenvalue weighted by Gasteiger charge is 2.06. The molecule has 144 valence electrons. The van der Waals surface area contributed by atoms with Crippen LogP contribution in [0.3, 0.4) is 0 Å². The van der Waals surface area contributed by atoms with Crippen molar-refractivity contribution >= 4 is 11.8 Å². The molecule has 0 atom stereocenters. The first-order valence-corrected chi connectivity index (χ1v) is 8.99. The monoisotopic (exact) mass is 370 g/mol. The summed E-state index contributed by atoms with van der Waals surface area (Å²) in [7, 11) is 1.63. The van der Waals surface area contributed by atoms with E-state index in [-0.39, 0.29) is 18.2 Å². The molecule has 0 aliphatic rings. The Kier molecular flexibility index (Phi) is 8.86. The van der Waals surface area contributed by atoms with Crippen molar-refractivity contribution in [2.24, 2.45) is 0 Å². The number of hydrogen-bond acceptors (Lipinski definition) is 4. The maximum atomic E-state index is 12.0. The zero-order valence-corrected chi connectivity index (χ0v) is 15.6. The number of hydrogen-bond donors (Lipinski definition) is 2. The molecule has 0 unspecified atom stereocenters. The molecular formula is C21H26N2O4. The first-order valence-electron chi connectivity index (χ1n) is 8.99. The van der Waals surface area contributed by atoms with Crippen LogP contribution in [0.15, 0.2) is 54.6 Å². The van der Waals surface area contributed by atoms with E-state index in [0.717, 1.165) is 17.7 Å². The molecule has 0 aliphatic carbocycles. The standard InChI is InChI=1S/C21H26N2O4/c1-26-14-5-13-22-21(25)18-10-8-17(9-11-18)16-23-20(24)12-15-27-19-6-3-2-4-7-19/h2-4,6-11H,5,12-16H2,1H3,(H,22,25)(H,23,24). The number of methoxy groups -OCH3 is 1. The lowest BCUT2D eigenvalue weighted by Gasteiger charge is -2.08. The molecule has 2 aromatic rings. The fourth-order valence-corrected chi connectivity index (χ4v) is 2.36. The summed E-state index contributed by atoms with van der Waals surface area (Å²) in [5.41, 5.74) is 1.53. The molecule has 6 heteroatoms. The summed E-state index contributed by atoms with van der Waals surface area (Å²) in [6, 6.07) is 16.6. The number of para-hydroxylation sites is 1. The Balaban J connectivity index is 1.66. The third-order valence-corrected chi connectivity index (χ3v) is 3.86. The number of ether oxygens (including phenoxy) is 2. The Morgan fingerprint density at radius 2 is 1.67 bits per heavy atom. The van der Waals surface area contributed by atoms with Crippen LogP contribution in [-0.2, 0) is 16.1 Å². The van der Waals surface area contributed by atoms with Crippen molar-refractivity contribution in [1.82, 2.24) is 10.6 Å². The molecule has 0 fully saturated rings. The van der Waals surface area contributed by atoms with Crippen molar-refractivity contribution in [3.8, 4) is 5.75 Å². The highest BCUT2D eigenvalue weighted by atomic mass is 16.5. The van der Waals surface area contributed by atoms with Crippen LogP contribution in [0.1, 0.15) is 28.8 Å². The molecule has 2 aromatic carbocycles. The lowest BCUT2D eigenvalue weighted by Crippen LogP contribution is -2.25. The number of carbonyl (C=O) groups excluding carboxylic acids is 2. The summed E-state index contributed by atoms with van der Waals surface area (Å²) in [5.74, 6) is 0.562. The predicted molar refractivity (Wildman–Crippen MR) is 104 cm³/mol. The van der Waals surface area contributed by atoms with E-state index in [0.29, 0.717) is 31.9 Å². The summed E-state index contributed by atoms with van der Waals surface area (Å²) < 4.78 is 10.4. The van der Waals surface area contributed by atoms with Crippen LogP contribution in [0, 0.1) is 0 Å². The summed E-state index contributed by atoms with van der Waals surface area (Å²) in [6.07, 6.45) is 1.07. The fraction of sp³-hybridized carbons (Fsp3) is 0.333. The van der Waals surface area contributed by atoms with Crippen LogP contribution in [0.4, 0.5) is 0 Å². The molecule has 27 heavy (non-hydrogen) atoms. The van der Waals surface area contributed by atoms with Gasteiger partial charge in [0.2, 0.25) is 5.91 Å². The zero-order valence-electron chi connectivity index (χ0n) is 15.6. The van der Waals surface area contributed by atoms with Gasteiger partial charge in [-0.3, -0.25) is 9.59 Å².